The maximum atomic E-state index is 5.63. The van der Waals surface area contributed by atoms with Crippen molar-refractivity contribution in [2.75, 3.05) is 20.2 Å². The highest BCUT2D eigenvalue weighted by atomic mass is 16.5. The highest BCUT2D eigenvalue weighted by Crippen LogP contribution is 2.41. The molecule has 2 aliphatic carbocycles. The molecule has 2 nitrogen and oxygen atoms in total. The van der Waals surface area contributed by atoms with Crippen LogP contribution in [0.25, 0.3) is 17.7 Å². The van der Waals surface area contributed by atoms with Crippen LogP contribution in [0.15, 0.2) is 48.0 Å². The summed E-state index contributed by atoms with van der Waals surface area (Å²) in [7, 11) is 1.77. The second-order valence-electron chi connectivity index (χ2n) is 10.1. The number of benzene rings is 2. The van der Waals surface area contributed by atoms with Crippen LogP contribution in [0.5, 0.6) is 5.75 Å². The number of fused-ring (bicyclic) bond motifs is 2. The maximum Gasteiger partial charge on any atom is 0.119 e. The molecule has 1 atom stereocenters. The Hall–Kier alpha value is -2.32. The monoisotopic (exact) mass is 441 g/mol. The van der Waals surface area contributed by atoms with Crippen LogP contribution in [0, 0.1) is 5.92 Å². The van der Waals surface area contributed by atoms with E-state index >= 15 is 0 Å². The summed E-state index contributed by atoms with van der Waals surface area (Å²) in [6.45, 7) is 4.77. The van der Waals surface area contributed by atoms with Crippen molar-refractivity contribution in [3.05, 3.63) is 70.3 Å². The molecule has 1 saturated carbocycles. The number of ether oxygens (including phenoxy) is 1. The Morgan fingerprint density at radius 3 is 2.36 bits per heavy atom. The molecular weight excluding hydrogens is 402 g/mol. The van der Waals surface area contributed by atoms with Crippen LogP contribution in [0.1, 0.15) is 87.0 Å². The Kier molecular flexibility index (Phi) is 7.02. The molecule has 0 amide bonds. The summed E-state index contributed by atoms with van der Waals surface area (Å²) in [4.78, 5) is 2.86. The Bertz CT molecular complexity index is 1020. The number of hydrogen-bond acceptors (Lipinski definition) is 2. The molecule has 2 aromatic carbocycles. The highest BCUT2D eigenvalue weighted by Gasteiger charge is 2.31. The predicted octanol–water partition coefficient (Wildman–Crippen LogP) is 7.83. The molecule has 33 heavy (non-hydrogen) atoms. The zero-order valence-corrected chi connectivity index (χ0v) is 20.5. The molecule has 0 radical (unpaired) electrons. The van der Waals surface area contributed by atoms with Gasteiger partial charge in [-0.05, 0) is 78.0 Å². The van der Waals surface area contributed by atoms with Gasteiger partial charge in [-0.15, -0.1) is 0 Å². The maximum absolute atomic E-state index is 5.63. The minimum atomic E-state index is 0.789. The normalized spacial score (nSPS) is 20.2. The zero-order valence-electron chi connectivity index (χ0n) is 20.5. The molecule has 0 spiro atoms. The van der Waals surface area contributed by atoms with Crippen molar-refractivity contribution in [1.82, 2.24) is 4.90 Å². The molecule has 1 saturated heterocycles. The van der Waals surface area contributed by atoms with Crippen molar-refractivity contribution >= 4 is 17.7 Å². The van der Waals surface area contributed by atoms with Crippen LogP contribution < -0.4 is 4.74 Å². The number of rotatable bonds is 5. The lowest BCUT2D eigenvalue weighted by Crippen LogP contribution is -2.44. The fraction of sp³-hybridized carbons (Fsp3) is 0.484. The van der Waals surface area contributed by atoms with Crippen molar-refractivity contribution in [3.8, 4) is 5.75 Å². The van der Waals surface area contributed by atoms with E-state index in [1.54, 1.807) is 12.7 Å². The highest BCUT2D eigenvalue weighted by molar-refractivity contribution is 5.95. The third kappa shape index (κ3) is 4.68. The third-order valence-corrected chi connectivity index (χ3v) is 8.20. The van der Waals surface area contributed by atoms with Gasteiger partial charge < -0.3 is 4.74 Å². The van der Waals surface area contributed by atoms with Crippen LogP contribution in [0.3, 0.4) is 0 Å². The average molecular weight is 442 g/mol. The summed E-state index contributed by atoms with van der Waals surface area (Å²) in [5.74, 6) is 1.86. The molecule has 174 valence electrons. The van der Waals surface area contributed by atoms with Gasteiger partial charge in [0.2, 0.25) is 0 Å². The van der Waals surface area contributed by atoms with Gasteiger partial charge >= 0.3 is 0 Å². The Balaban J connectivity index is 1.48. The summed E-state index contributed by atoms with van der Waals surface area (Å²) in [5, 5.41) is 0. The molecule has 2 aromatic rings. The Labute approximate surface area is 200 Å². The zero-order chi connectivity index (χ0) is 22.6. The lowest BCUT2D eigenvalue weighted by Gasteiger charge is -2.42. The van der Waals surface area contributed by atoms with Gasteiger partial charge in [-0.2, -0.15) is 0 Å². The number of likely N-dealkylation sites (tertiary alicyclic amines) is 1. The summed E-state index contributed by atoms with van der Waals surface area (Å²) in [5.41, 5.74) is 8.40. The second-order valence-corrected chi connectivity index (χ2v) is 10.1. The smallest absolute Gasteiger partial charge is 0.119 e. The molecule has 1 unspecified atom stereocenters. The molecular formula is C31H39NO. The summed E-state index contributed by atoms with van der Waals surface area (Å²) < 4.78 is 5.63. The quantitative estimate of drug-likeness (QED) is 0.400. The topological polar surface area (TPSA) is 12.5 Å². The number of methoxy groups -OCH3 is 1. The van der Waals surface area contributed by atoms with E-state index in [4.69, 9.17) is 4.74 Å². The van der Waals surface area contributed by atoms with Gasteiger partial charge in [-0.25, -0.2) is 0 Å². The fourth-order valence-corrected chi connectivity index (χ4v) is 6.51. The van der Waals surface area contributed by atoms with Gasteiger partial charge in [0.1, 0.15) is 5.75 Å². The Morgan fingerprint density at radius 1 is 0.909 bits per heavy atom. The predicted molar refractivity (Wildman–Crippen MR) is 140 cm³/mol. The summed E-state index contributed by atoms with van der Waals surface area (Å²) in [6, 6.07) is 16.2. The molecule has 2 fully saturated rings. The number of nitrogens with zero attached hydrogens (tertiary/aromatic N) is 1. The molecule has 1 heterocycles. The van der Waals surface area contributed by atoms with E-state index in [0.29, 0.717) is 0 Å². The van der Waals surface area contributed by atoms with Crippen molar-refractivity contribution in [3.63, 3.8) is 0 Å². The van der Waals surface area contributed by atoms with E-state index in [1.807, 2.05) is 0 Å². The largest absolute Gasteiger partial charge is 0.497 e. The van der Waals surface area contributed by atoms with Gasteiger partial charge in [-0.1, -0.05) is 80.7 Å². The lowest BCUT2D eigenvalue weighted by molar-refractivity contribution is 0.101. The van der Waals surface area contributed by atoms with Crippen molar-refractivity contribution in [1.29, 1.82) is 0 Å². The minimum Gasteiger partial charge on any atom is -0.497 e. The lowest BCUT2D eigenvalue weighted by atomic mass is 9.80. The van der Waals surface area contributed by atoms with E-state index < -0.39 is 0 Å². The van der Waals surface area contributed by atoms with E-state index in [0.717, 1.165) is 17.7 Å². The summed E-state index contributed by atoms with van der Waals surface area (Å²) >= 11 is 0. The van der Waals surface area contributed by atoms with Crippen LogP contribution in [0.2, 0.25) is 0 Å². The standard InChI is InChI=1S/C31H39NO/c1-3-9-30(25-11-5-4-6-12-25)32-20-18-26(19-21-32)31-28-13-8-7-10-23(28)14-15-24-16-17-27(33-2)22-29(24)31/h7-8,10,13-17,22,25,30H,3-6,9,11-12,18-21H2,1-2H3. The van der Waals surface area contributed by atoms with Crippen molar-refractivity contribution in [2.45, 2.75) is 70.8 Å². The van der Waals surface area contributed by atoms with Crippen molar-refractivity contribution in [2.24, 2.45) is 5.92 Å². The molecule has 3 aliphatic rings. The molecule has 0 N–H and O–H groups in total. The number of piperidine rings is 1. The third-order valence-electron chi connectivity index (χ3n) is 8.20. The molecule has 5 rings (SSSR count). The molecule has 1 aliphatic heterocycles. The molecule has 0 bridgehead atoms. The van der Waals surface area contributed by atoms with Gasteiger partial charge in [0.25, 0.3) is 0 Å². The first kappa shape index (κ1) is 22.5. The van der Waals surface area contributed by atoms with Crippen molar-refractivity contribution < 1.29 is 4.74 Å². The van der Waals surface area contributed by atoms with E-state index in [2.05, 4.69) is 66.4 Å². The van der Waals surface area contributed by atoms with E-state index in [9.17, 15) is 0 Å². The van der Waals surface area contributed by atoms with E-state index in [1.165, 1.54) is 98.7 Å². The Morgan fingerprint density at radius 2 is 1.64 bits per heavy atom. The average Bonchev–Trinajstić information content (AvgIpc) is 3.04. The van der Waals surface area contributed by atoms with Crippen LogP contribution in [0.4, 0.5) is 0 Å². The van der Waals surface area contributed by atoms with Crippen LogP contribution in [-0.2, 0) is 0 Å². The minimum absolute atomic E-state index is 0.789. The first-order valence-corrected chi connectivity index (χ1v) is 13.2. The van der Waals surface area contributed by atoms with Gasteiger partial charge in [0.15, 0.2) is 0 Å². The van der Waals surface area contributed by atoms with Crippen LogP contribution in [-0.4, -0.2) is 31.1 Å². The SMILES string of the molecule is CCCC(C1CCCCC1)N1CCC(=C2c3ccccc3C=Cc3ccc(OC)cc32)CC1. The fourth-order valence-electron chi connectivity index (χ4n) is 6.51. The summed E-state index contributed by atoms with van der Waals surface area (Å²) in [6.07, 6.45) is 16.8. The van der Waals surface area contributed by atoms with Crippen LogP contribution >= 0.6 is 0 Å². The van der Waals surface area contributed by atoms with Gasteiger partial charge in [0.05, 0.1) is 7.11 Å². The van der Waals surface area contributed by atoms with Gasteiger partial charge in [0, 0.05) is 19.1 Å². The first-order valence-electron chi connectivity index (χ1n) is 13.2. The number of hydrogen-bond donors (Lipinski definition) is 0. The second kappa shape index (κ2) is 10.3. The van der Waals surface area contributed by atoms with E-state index in [-0.39, 0.29) is 0 Å². The molecule has 2 heteroatoms. The molecule has 0 aromatic heterocycles. The van der Waals surface area contributed by atoms with Gasteiger partial charge in [-0.3, -0.25) is 4.90 Å². The first-order chi connectivity index (χ1) is 16.3.